The fourth-order valence-corrected chi connectivity index (χ4v) is 2.65. The first-order chi connectivity index (χ1) is 9.07. The van der Waals surface area contributed by atoms with Crippen LogP contribution in [0.25, 0.3) is 0 Å². The number of piperidine rings is 1. The molecule has 0 saturated carbocycles. The zero-order chi connectivity index (χ0) is 13.9. The number of halogens is 1. The molecule has 1 N–H and O–H groups in total. The highest BCUT2D eigenvalue weighted by atomic mass is 19.1. The number of nitrogens with zero attached hydrogens (tertiary/aromatic N) is 1. The van der Waals surface area contributed by atoms with E-state index < -0.39 is 0 Å². The Morgan fingerprint density at radius 3 is 2.89 bits per heavy atom. The van der Waals surface area contributed by atoms with Gasteiger partial charge in [-0.05, 0) is 51.4 Å². The van der Waals surface area contributed by atoms with Crippen LogP contribution in [0.2, 0.25) is 0 Å². The number of anilines is 1. The minimum atomic E-state index is -0.388. The number of benzene rings is 1. The van der Waals surface area contributed by atoms with E-state index in [9.17, 15) is 9.18 Å². The predicted molar refractivity (Wildman–Crippen MR) is 74.6 cm³/mol. The summed E-state index contributed by atoms with van der Waals surface area (Å²) in [6, 6.07) is 6.23. The van der Waals surface area contributed by atoms with Crippen LogP contribution in [0, 0.1) is 11.2 Å². The van der Waals surface area contributed by atoms with E-state index in [0.29, 0.717) is 18.8 Å². The summed E-state index contributed by atoms with van der Waals surface area (Å²) in [4.78, 5) is 14.4. The van der Waals surface area contributed by atoms with Gasteiger partial charge in [0.25, 0.3) is 0 Å². The minimum absolute atomic E-state index is 0.0767. The summed E-state index contributed by atoms with van der Waals surface area (Å²) in [5.74, 6) is -0.233. The molecule has 0 aromatic heterocycles. The number of nitrogens with one attached hydrogen (secondary N) is 1. The van der Waals surface area contributed by atoms with Crippen molar-refractivity contribution in [2.75, 3.05) is 24.5 Å². The fraction of sp³-hybridized carbons (Fsp3) is 0.533. The lowest BCUT2D eigenvalue weighted by Gasteiger charge is -2.37. The second kappa shape index (κ2) is 5.70. The van der Waals surface area contributed by atoms with E-state index in [1.54, 1.807) is 17.0 Å². The van der Waals surface area contributed by atoms with Crippen molar-refractivity contribution in [2.24, 2.45) is 5.41 Å². The molecule has 1 heterocycles. The largest absolute Gasteiger partial charge is 0.316 e. The van der Waals surface area contributed by atoms with E-state index in [1.165, 1.54) is 12.1 Å². The van der Waals surface area contributed by atoms with Crippen molar-refractivity contribution >= 4 is 11.6 Å². The average Bonchev–Trinajstić information content (AvgIpc) is 2.40. The molecule has 1 unspecified atom stereocenters. The maximum absolute atomic E-state index is 13.3. The van der Waals surface area contributed by atoms with Crippen molar-refractivity contribution in [2.45, 2.75) is 26.7 Å². The van der Waals surface area contributed by atoms with Gasteiger partial charge in [-0.1, -0.05) is 6.07 Å². The van der Waals surface area contributed by atoms with E-state index in [2.05, 4.69) is 5.32 Å². The van der Waals surface area contributed by atoms with Gasteiger partial charge in [0.05, 0.1) is 5.41 Å². The van der Waals surface area contributed by atoms with Crippen LogP contribution in [0.5, 0.6) is 0 Å². The Labute approximate surface area is 113 Å². The Morgan fingerprint density at radius 1 is 1.53 bits per heavy atom. The van der Waals surface area contributed by atoms with Gasteiger partial charge in [-0.3, -0.25) is 4.79 Å². The smallest absolute Gasteiger partial charge is 0.234 e. The van der Waals surface area contributed by atoms with Crippen LogP contribution < -0.4 is 10.2 Å². The third kappa shape index (κ3) is 2.95. The van der Waals surface area contributed by atoms with E-state index in [0.717, 1.165) is 19.4 Å². The molecule has 0 bridgehead atoms. The molecule has 1 aromatic rings. The van der Waals surface area contributed by atoms with Crippen molar-refractivity contribution in [1.29, 1.82) is 0 Å². The van der Waals surface area contributed by atoms with Crippen molar-refractivity contribution in [1.82, 2.24) is 5.32 Å². The molecule has 1 amide bonds. The summed E-state index contributed by atoms with van der Waals surface area (Å²) >= 11 is 0. The Hall–Kier alpha value is -1.42. The number of carbonyl (C=O) groups is 1. The molecule has 104 valence electrons. The van der Waals surface area contributed by atoms with Gasteiger partial charge in [0.2, 0.25) is 5.91 Å². The quantitative estimate of drug-likeness (QED) is 0.910. The second-order valence-corrected chi connectivity index (χ2v) is 5.37. The van der Waals surface area contributed by atoms with Gasteiger partial charge < -0.3 is 10.2 Å². The SMILES string of the molecule is CCN(C(=O)C1(C)CCCNC1)c1cccc(F)c1. The first-order valence-electron chi connectivity index (χ1n) is 6.85. The summed E-state index contributed by atoms with van der Waals surface area (Å²) in [6.45, 7) is 6.12. The number of carbonyl (C=O) groups excluding carboxylic acids is 1. The Balaban J connectivity index is 2.24. The van der Waals surface area contributed by atoms with Gasteiger partial charge in [0, 0.05) is 18.8 Å². The molecule has 0 aliphatic carbocycles. The average molecular weight is 264 g/mol. The summed E-state index contributed by atoms with van der Waals surface area (Å²) in [7, 11) is 0. The number of hydrogen-bond acceptors (Lipinski definition) is 2. The molecule has 0 radical (unpaired) electrons. The molecule has 1 aromatic carbocycles. The number of rotatable bonds is 3. The van der Waals surface area contributed by atoms with Crippen molar-refractivity contribution in [3.05, 3.63) is 30.1 Å². The summed E-state index contributed by atoms with van der Waals surface area (Å²) in [5, 5.41) is 3.28. The van der Waals surface area contributed by atoms with Gasteiger partial charge >= 0.3 is 0 Å². The standard InChI is InChI=1S/C15H21FN2O/c1-3-18(13-7-4-6-12(16)10-13)14(19)15(2)8-5-9-17-11-15/h4,6-7,10,17H,3,5,8-9,11H2,1-2H3. The molecular formula is C15H21FN2O. The van der Waals surface area contributed by atoms with Crippen molar-refractivity contribution in [3.63, 3.8) is 0 Å². The van der Waals surface area contributed by atoms with Gasteiger partial charge in [0.1, 0.15) is 5.82 Å². The summed E-state index contributed by atoms with van der Waals surface area (Å²) < 4.78 is 13.3. The molecule has 4 heteroatoms. The first-order valence-corrected chi connectivity index (χ1v) is 6.85. The number of amides is 1. The molecule has 1 fully saturated rings. The van der Waals surface area contributed by atoms with E-state index in [4.69, 9.17) is 0 Å². The Bertz CT molecular complexity index is 455. The lowest BCUT2D eigenvalue weighted by atomic mass is 9.81. The Morgan fingerprint density at radius 2 is 2.32 bits per heavy atom. The lowest BCUT2D eigenvalue weighted by Crippen LogP contribution is -2.50. The van der Waals surface area contributed by atoms with Gasteiger partial charge in [-0.2, -0.15) is 0 Å². The highest BCUT2D eigenvalue weighted by Gasteiger charge is 2.37. The summed E-state index contributed by atoms with van der Waals surface area (Å²) in [5.41, 5.74) is 0.250. The maximum Gasteiger partial charge on any atom is 0.234 e. The van der Waals surface area contributed by atoms with E-state index in [1.807, 2.05) is 13.8 Å². The highest BCUT2D eigenvalue weighted by Crippen LogP contribution is 2.30. The third-order valence-electron chi connectivity index (χ3n) is 3.79. The van der Waals surface area contributed by atoms with Crippen LogP contribution in [0.1, 0.15) is 26.7 Å². The van der Waals surface area contributed by atoms with Crippen molar-refractivity contribution < 1.29 is 9.18 Å². The highest BCUT2D eigenvalue weighted by molar-refractivity contribution is 5.97. The second-order valence-electron chi connectivity index (χ2n) is 5.37. The van der Waals surface area contributed by atoms with Gasteiger partial charge in [0.15, 0.2) is 0 Å². The molecule has 0 spiro atoms. The minimum Gasteiger partial charge on any atom is -0.316 e. The topological polar surface area (TPSA) is 32.3 Å². The maximum atomic E-state index is 13.3. The number of hydrogen-bond donors (Lipinski definition) is 1. The van der Waals surface area contributed by atoms with Crippen LogP contribution in [0.4, 0.5) is 10.1 Å². The van der Waals surface area contributed by atoms with Crippen LogP contribution in [0.15, 0.2) is 24.3 Å². The van der Waals surface area contributed by atoms with Crippen molar-refractivity contribution in [3.8, 4) is 0 Å². The molecule has 1 atom stereocenters. The van der Waals surface area contributed by atoms with Crippen LogP contribution in [0.3, 0.4) is 0 Å². The van der Waals surface area contributed by atoms with Gasteiger partial charge in [-0.15, -0.1) is 0 Å². The molecular weight excluding hydrogens is 243 g/mol. The molecule has 1 saturated heterocycles. The van der Waals surface area contributed by atoms with Crippen LogP contribution in [-0.2, 0) is 4.79 Å². The van der Waals surface area contributed by atoms with Gasteiger partial charge in [-0.25, -0.2) is 4.39 Å². The van der Waals surface area contributed by atoms with E-state index in [-0.39, 0.29) is 17.1 Å². The molecule has 1 aliphatic rings. The predicted octanol–water partition coefficient (Wildman–Crippen LogP) is 2.57. The van der Waals surface area contributed by atoms with E-state index >= 15 is 0 Å². The van der Waals surface area contributed by atoms with Crippen LogP contribution >= 0.6 is 0 Å². The normalized spacial score (nSPS) is 23.1. The molecule has 2 rings (SSSR count). The molecule has 1 aliphatic heterocycles. The monoisotopic (exact) mass is 264 g/mol. The molecule has 19 heavy (non-hydrogen) atoms. The first kappa shape index (κ1) is 14.0. The zero-order valence-electron chi connectivity index (χ0n) is 11.6. The summed E-state index contributed by atoms with van der Waals surface area (Å²) in [6.07, 6.45) is 1.88. The van der Waals surface area contributed by atoms with Crippen LogP contribution in [-0.4, -0.2) is 25.5 Å². The Kier molecular flexibility index (Phi) is 4.20. The lowest BCUT2D eigenvalue weighted by molar-refractivity contribution is -0.128. The molecule has 3 nitrogen and oxygen atoms in total. The zero-order valence-corrected chi connectivity index (χ0v) is 11.6. The third-order valence-corrected chi connectivity index (χ3v) is 3.79. The fourth-order valence-electron chi connectivity index (χ4n) is 2.65.